The molecule has 0 amide bonds. The highest BCUT2D eigenvalue weighted by Gasteiger charge is 2.20. The van der Waals surface area contributed by atoms with Gasteiger partial charge in [-0.2, -0.15) is 4.31 Å². The van der Waals surface area contributed by atoms with E-state index in [1.54, 1.807) is 24.3 Å². The Labute approximate surface area is 118 Å². The van der Waals surface area contributed by atoms with Crippen LogP contribution in [0.25, 0.3) is 0 Å². The van der Waals surface area contributed by atoms with Gasteiger partial charge in [0, 0.05) is 24.8 Å². The molecule has 0 aliphatic heterocycles. The SMILES string of the molecule is Nc1cccc(OCCS(=O)(=O)N(CCO)CCO)c1. The number of nitrogens with two attached hydrogens (primary N) is 1. The van der Waals surface area contributed by atoms with E-state index in [2.05, 4.69) is 0 Å². The molecule has 0 aliphatic carbocycles. The van der Waals surface area contributed by atoms with Gasteiger partial charge >= 0.3 is 0 Å². The van der Waals surface area contributed by atoms with Crippen molar-refractivity contribution >= 4 is 15.7 Å². The van der Waals surface area contributed by atoms with Crippen LogP contribution < -0.4 is 10.5 Å². The van der Waals surface area contributed by atoms with E-state index in [1.807, 2.05) is 0 Å². The number of anilines is 1. The van der Waals surface area contributed by atoms with Crippen molar-refractivity contribution in [3.63, 3.8) is 0 Å². The molecule has 0 heterocycles. The molecule has 1 aromatic rings. The Bertz CT molecular complexity index is 500. The minimum Gasteiger partial charge on any atom is -0.492 e. The number of hydrogen-bond acceptors (Lipinski definition) is 6. The van der Waals surface area contributed by atoms with E-state index in [4.69, 9.17) is 20.7 Å². The lowest BCUT2D eigenvalue weighted by Gasteiger charge is -2.20. The summed E-state index contributed by atoms with van der Waals surface area (Å²) in [5.41, 5.74) is 6.12. The summed E-state index contributed by atoms with van der Waals surface area (Å²) in [6.45, 7) is -0.702. The zero-order valence-corrected chi connectivity index (χ0v) is 11.9. The Kier molecular flexibility index (Phi) is 6.73. The molecule has 1 rings (SSSR count). The van der Waals surface area contributed by atoms with Crippen molar-refractivity contribution in [2.24, 2.45) is 0 Å². The number of aliphatic hydroxyl groups excluding tert-OH is 2. The molecule has 0 atom stereocenters. The van der Waals surface area contributed by atoms with Gasteiger partial charge in [0.15, 0.2) is 0 Å². The maximum absolute atomic E-state index is 12.0. The summed E-state index contributed by atoms with van der Waals surface area (Å²) in [7, 11) is -3.57. The molecule has 0 spiro atoms. The quantitative estimate of drug-likeness (QED) is 0.518. The lowest BCUT2D eigenvalue weighted by molar-refractivity contribution is 0.216. The summed E-state index contributed by atoms with van der Waals surface area (Å²) in [6.07, 6.45) is 0. The molecular formula is C12H20N2O5S. The summed E-state index contributed by atoms with van der Waals surface area (Å²) in [4.78, 5) is 0. The summed E-state index contributed by atoms with van der Waals surface area (Å²) in [6, 6.07) is 6.70. The van der Waals surface area contributed by atoms with Gasteiger partial charge in [0.2, 0.25) is 10.0 Å². The predicted octanol–water partition coefficient (Wildman–Crippen LogP) is -0.736. The average Bonchev–Trinajstić information content (AvgIpc) is 2.38. The Morgan fingerprint density at radius 3 is 2.40 bits per heavy atom. The van der Waals surface area contributed by atoms with Gasteiger partial charge in [-0.05, 0) is 12.1 Å². The molecular weight excluding hydrogens is 284 g/mol. The molecule has 0 fully saturated rings. The van der Waals surface area contributed by atoms with Crippen molar-refractivity contribution in [1.82, 2.24) is 4.31 Å². The topological polar surface area (TPSA) is 113 Å². The first-order valence-electron chi connectivity index (χ1n) is 6.17. The molecule has 20 heavy (non-hydrogen) atoms. The minimum absolute atomic E-state index is 0.0286. The van der Waals surface area contributed by atoms with Gasteiger partial charge in [-0.3, -0.25) is 0 Å². The molecule has 114 valence electrons. The third-order valence-corrected chi connectivity index (χ3v) is 4.39. The fourth-order valence-corrected chi connectivity index (χ4v) is 2.88. The second kappa shape index (κ2) is 8.05. The number of nitrogens with zero attached hydrogens (tertiary/aromatic N) is 1. The van der Waals surface area contributed by atoms with E-state index in [0.717, 1.165) is 4.31 Å². The maximum Gasteiger partial charge on any atom is 0.217 e. The van der Waals surface area contributed by atoms with Crippen LogP contribution in [0.2, 0.25) is 0 Å². The lowest BCUT2D eigenvalue weighted by Crippen LogP contribution is -2.38. The van der Waals surface area contributed by atoms with Gasteiger partial charge < -0.3 is 20.7 Å². The third-order valence-electron chi connectivity index (χ3n) is 2.56. The molecule has 1 aromatic carbocycles. The van der Waals surface area contributed by atoms with Crippen molar-refractivity contribution in [3.8, 4) is 5.75 Å². The highest BCUT2D eigenvalue weighted by molar-refractivity contribution is 7.89. The fraction of sp³-hybridized carbons (Fsp3) is 0.500. The van der Waals surface area contributed by atoms with Gasteiger partial charge in [-0.1, -0.05) is 6.07 Å². The van der Waals surface area contributed by atoms with Crippen molar-refractivity contribution in [1.29, 1.82) is 0 Å². The van der Waals surface area contributed by atoms with Crippen molar-refractivity contribution in [2.45, 2.75) is 0 Å². The summed E-state index contributed by atoms with van der Waals surface area (Å²) < 4.78 is 30.3. The Morgan fingerprint density at radius 1 is 1.20 bits per heavy atom. The van der Waals surface area contributed by atoms with Crippen LogP contribution in [-0.2, 0) is 10.0 Å². The molecule has 7 nitrogen and oxygen atoms in total. The number of rotatable bonds is 9. The van der Waals surface area contributed by atoms with Crippen molar-refractivity contribution < 1.29 is 23.4 Å². The van der Waals surface area contributed by atoms with Crippen LogP contribution in [0.5, 0.6) is 5.75 Å². The number of sulfonamides is 1. The van der Waals surface area contributed by atoms with E-state index in [-0.39, 0.29) is 38.7 Å². The Hall–Kier alpha value is -1.35. The van der Waals surface area contributed by atoms with E-state index in [9.17, 15) is 8.42 Å². The number of aliphatic hydroxyl groups is 2. The highest BCUT2D eigenvalue weighted by Crippen LogP contribution is 2.14. The number of hydrogen-bond donors (Lipinski definition) is 3. The van der Waals surface area contributed by atoms with E-state index < -0.39 is 10.0 Å². The van der Waals surface area contributed by atoms with Gasteiger partial charge in [0.25, 0.3) is 0 Å². The molecule has 0 unspecified atom stereocenters. The molecule has 0 bridgehead atoms. The van der Waals surface area contributed by atoms with Crippen molar-refractivity contribution in [2.75, 3.05) is 44.4 Å². The number of nitrogen functional groups attached to an aromatic ring is 1. The first-order valence-corrected chi connectivity index (χ1v) is 7.78. The minimum atomic E-state index is -3.57. The van der Waals surface area contributed by atoms with Gasteiger partial charge in [0.05, 0.1) is 19.0 Å². The first-order chi connectivity index (χ1) is 9.49. The second-order valence-corrected chi connectivity index (χ2v) is 6.17. The smallest absolute Gasteiger partial charge is 0.217 e. The molecule has 0 saturated carbocycles. The number of benzene rings is 1. The maximum atomic E-state index is 12.0. The Balaban J connectivity index is 2.53. The van der Waals surface area contributed by atoms with Crippen LogP contribution in [-0.4, -0.2) is 61.6 Å². The van der Waals surface area contributed by atoms with Gasteiger partial charge in [0.1, 0.15) is 12.4 Å². The first kappa shape index (κ1) is 16.7. The van der Waals surface area contributed by atoms with Crippen LogP contribution in [0.15, 0.2) is 24.3 Å². The molecule has 4 N–H and O–H groups in total. The zero-order valence-electron chi connectivity index (χ0n) is 11.1. The standard InChI is InChI=1S/C12H20N2O5S/c13-11-2-1-3-12(10-11)19-8-9-20(17,18)14(4-6-15)5-7-16/h1-3,10,15-16H,4-9,13H2. The van der Waals surface area contributed by atoms with E-state index >= 15 is 0 Å². The highest BCUT2D eigenvalue weighted by atomic mass is 32.2. The van der Waals surface area contributed by atoms with E-state index in [1.165, 1.54) is 0 Å². The zero-order chi connectivity index (χ0) is 15.0. The molecule has 0 saturated heterocycles. The van der Waals surface area contributed by atoms with Crippen LogP contribution in [0.3, 0.4) is 0 Å². The van der Waals surface area contributed by atoms with Gasteiger partial charge in [-0.25, -0.2) is 8.42 Å². The molecule has 0 aliphatic rings. The second-order valence-electron chi connectivity index (χ2n) is 4.08. The van der Waals surface area contributed by atoms with Crippen molar-refractivity contribution in [3.05, 3.63) is 24.3 Å². The predicted molar refractivity (Wildman–Crippen MR) is 75.9 cm³/mol. The van der Waals surface area contributed by atoms with Crippen LogP contribution in [0.1, 0.15) is 0 Å². The third kappa shape index (κ3) is 5.33. The van der Waals surface area contributed by atoms with Crippen LogP contribution >= 0.6 is 0 Å². The molecule has 0 aromatic heterocycles. The summed E-state index contributed by atoms with van der Waals surface area (Å²) >= 11 is 0. The average molecular weight is 304 g/mol. The normalized spacial score (nSPS) is 11.8. The fourth-order valence-electron chi connectivity index (χ4n) is 1.61. The van der Waals surface area contributed by atoms with E-state index in [0.29, 0.717) is 11.4 Å². The van der Waals surface area contributed by atoms with Crippen LogP contribution in [0.4, 0.5) is 5.69 Å². The Morgan fingerprint density at radius 2 is 1.85 bits per heavy atom. The largest absolute Gasteiger partial charge is 0.492 e. The summed E-state index contributed by atoms with van der Waals surface area (Å²) in [5.74, 6) is 0.262. The molecule has 0 radical (unpaired) electrons. The summed E-state index contributed by atoms with van der Waals surface area (Å²) in [5, 5.41) is 17.7. The monoisotopic (exact) mass is 304 g/mol. The van der Waals surface area contributed by atoms with Crippen LogP contribution in [0, 0.1) is 0 Å². The number of ether oxygens (including phenoxy) is 1. The lowest BCUT2D eigenvalue weighted by atomic mass is 10.3. The molecule has 8 heteroatoms. The van der Waals surface area contributed by atoms with Gasteiger partial charge in [-0.15, -0.1) is 0 Å².